The number of aromatic amines is 1. The summed E-state index contributed by atoms with van der Waals surface area (Å²) < 4.78 is 5.38. The van der Waals surface area contributed by atoms with E-state index < -0.39 is 5.97 Å². The van der Waals surface area contributed by atoms with Crippen molar-refractivity contribution >= 4 is 5.97 Å². The number of imidazole rings is 1. The van der Waals surface area contributed by atoms with E-state index in [9.17, 15) is 4.79 Å². The normalized spacial score (nSPS) is 11.4. The summed E-state index contributed by atoms with van der Waals surface area (Å²) in [6.07, 6.45) is 3.68. The van der Waals surface area contributed by atoms with Gasteiger partial charge < -0.3 is 9.72 Å². The van der Waals surface area contributed by atoms with Crippen molar-refractivity contribution in [3.63, 3.8) is 0 Å². The van der Waals surface area contributed by atoms with Crippen molar-refractivity contribution < 1.29 is 9.53 Å². The smallest absolute Gasteiger partial charge is 0.356 e. The van der Waals surface area contributed by atoms with Crippen molar-refractivity contribution in [2.24, 2.45) is 5.41 Å². The maximum Gasteiger partial charge on any atom is 0.356 e. The molecule has 1 aromatic heterocycles. The number of esters is 1. The van der Waals surface area contributed by atoms with Crippen LogP contribution in [0.25, 0.3) is 11.4 Å². The third kappa shape index (κ3) is 5.32. The number of hydrogen-bond donors (Lipinski definition) is 1. The molecule has 0 amide bonds. The Bertz CT molecular complexity index is 937. The molecule has 3 rings (SSSR count). The zero-order valence-corrected chi connectivity index (χ0v) is 17.1. The fraction of sp³-hybridized carbons (Fsp3) is 0.333. The third-order valence-corrected chi connectivity index (χ3v) is 4.73. The zero-order chi connectivity index (χ0) is 20.1. The first-order chi connectivity index (χ1) is 13.3. The van der Waals surface area contributed by atoms with Gasteiger partial charge in [-0.1, -0.05) is 63.2 Å². The Kier molecular flexibility index (Phi) is 5.98. The first kappa shape index (κ1) is 19.9. The van der Waals surface area contributed by atoms with E-state index in [0.29, 0.717) is 16.9 Å². The Morgan fingerprint density at radius 1 is 1.07 bits per heavy atom. The van der Waals surface area contributed by atoms with Crippen molar-refractivity contribution in [2.75, 3.05) is 0 Å². The highest BCUT2D eigenvalue weighted by Gasteiger charge is 2.15. The molecular formula is C24H28N2O2. The molecule has 4 nitrogen and oxygen atoms in total. The number of ether oxygens (including phenoxy) is 1. The largest absolute Gasteiger partial charge is 0.456 e. The molecule has 4 heteroatoms. The minimum absolute atomic E-state index is 0.245. The second kappa shape index (κ2) is 8.42. The third-order valence-electron chi connectivity index (χ3n) is 4.73. The van der Waals surface area contributed by atoms with Crippen LogP contribution in [0, 0.1) is 12.3 Å². The molecular weight excluding hydrogens is 348 g/mol. The molecule has 1 N–H and O–H groups in total. The van der Waals surface area contributed by atoms with Gasteiger partial charge in [0, 0.05) is 5.56 Å². The molecule has 0 spiro atoms. The van der Waals surface area contributed by atoms with Crippen molar-refractivity contribution in [1.29, 1.82) is 0 Å². The first-order valence-electron chi connectivity index (χ1n) is 9.68. The van der Waals surface area contributed by atoms with Crippen molar-refractivity contribution in [1.82, 2.24) is 9.97 Å². The lowest BCUT2D eigenvalue weighted by atomic mass is 9.88. The lowest BCUT2D eigenvalue weighted by molar-refractivity contribution is 0.0466. The highest BCUT2D eigenvalue weighted by Crippen LogP contribution is 2.26. The minimum atomic E-state index is -0.399. The molecule has 0 saturated heterocycles. The van der Waals surface area contributed by atoms with Crippen LogP contribution in [0.5, 0.6) is 0 Å². The molecule has 0 aliphatic rings. The average Bonchev–Trinajstić information content (AvgIpc) is 3.15. The van der Waals surface area contributed by atoms with Crippen LogP contribution in [0.3, 0.4) is 0 Å². The predicted molar refractivity (Wildman–Crippen MR) is 112 cm³/mol. The lowest BCUT2D eigenvalue weighted by Crippen LogP contribution is -2.06. The fourth-order valence-electron chi connectivity index (χ4n) is 2.96. The van der Waals surface area contributed by atoms with E-state index in [0.717, 1.165) is 29.5 Å². The quantitative estimate of drug-likeness (QED) is 0.560. The number of carbonyl (C=O) groups is 1. The second-order valence-electron chi connectivity index (χ2n) is 8.42. The van der Waals surface area contributed by atoms with Gasteiger partial charge in [-0.25, -0.2) is 9.78 Å². The van der Waals surface area contributed by atoms with Gasteiger partial charge in [0.25, 0.3) is 0 Å². The van der Waals surface area contributed by atoms with Gasteiger partial charge in [-0.3, -0.25) is 0 Å². The van der Waals surface area contributed by atoms with E-state index >= 15 is 0 Å². The van der Waals surface area contributed by atoms with E-state index in [1.54, 1.807) is 6.20 Å². The highest BCUT2D eigenvalue weighted by atomic mass is 16.5. The number of H-pyrrole nitrogens is 1. The average molecular weight is 377 g/mol. The van der Waals surface area contributed by atoms with E-state index in [1.807, 2.05) is 30.3 Å². The fourth-order valence-corrected chi connectivity index (χ4v) is 2.96. The standard InChI is InChI=1S/C24H28N2O2/c1-17-10-11-18(12-13-24(2,3)4)14-20(17)22-25-15-21(26-22)23(27)28-16-19-8-6-5-7-9-19/h5-11,14-15H,12-13,16H2,1-4H3,(H,25,26). The molecule has 2 aromatic carbocycles. The zero-order valence-electron chi connectivity index (χ0n) is 17.1. The van der Waals surface area contributed by atoms with Gasteiger partial charge in [0.1, 0.15) is 18.1 Å². The monoisotopic (exact) mass is 376 g/mol. The molecule has 0 aliphatic heterocycles. The van der Waals surface area contributed by atoms with Crippen LogP contribution >= 0.6 is 0 Å². The summed E-state index contributed by atoms with van der Waals surface area (Å²) in [4.78, 5) is 19.9. The molecule has 3 aromatic rings. The van der Waals surface area contributed by atoms with Gasteiger partial charge in [-0.2, -0.15) is 0 Å². The maximum atomic E-state index is 12.3. The second-order valence-corrected chi connectivity index (χ2v) is 8.42. The summed E-state index contributed by atoms with van der Waals surface area (Å²) in [6, 6.07) is 16.1. The van der Waals surface area contributed by atoms with Crippen LogP contribution in [-0.2, 0) is 17.8 Å². The Balaban J connectivity index is 1.71. The maximum absolute atomic E-state index is 12.3. The number of carbonyl (C=O) groups excluding carboxylic acids is 1. The number of hydrogen-bond acceptors (Lipinski definition) is 3. The molecule has 28 heavy (non-hydrogen) atoms. The van der Waals surface area contributed by atoms with E-state index in [4.69, 9.17) is 4.74 Å². The Morgan fingerprint density at radius 2 is 1.82 bits per heavy atom. The summed E-state index contributed by atoms with van der Waals surface area (Å²) in [7, 11) is 0. The number of benzene rings is 2. The Morgan fingerprint density at radius 3 is 2.54 bits per heavy atom. The van der Waals surface area contributed by atoms with Crippen LogP contribution < -0.4 is 0 Å². The van der Waals surface area contributed by atoms with Crippen LogP contribution in [-0.4, -0.2) is 15.9 Å². The number of aromatic nitrogens is 2. The molecule has 0 radical (unpaired) electrons. The molecule has 0 bridgehead atoms. The SMILES string of the molecule is Cc1ccc(CCC(C)(C)C)cc1-c1ncc(C(=O)OCc2ccccc2)[nH]1. The molecule has 0 fully saturated rings. The Hall–Kier alpha value is -2.88. The molecule has 0 saturated carbocycles. The first-order valence-corrected chi connectivity index (χ1v) is 9.68. The molecule has 146 valence electrons. The van der Waals surface area contributed by atoms with Crippen LogP contribution in [0.2, 0.25) is 0 Å². The number of aryl methyl sites for hydroxylation is 2. The number of rotatable bonds is 6. The van der Waals surface area contributed by atoms with Gasteiger partial charge in [-0.05, 0) is 47.9 Å². The molecule has 0 aliphatic carbocycles. The van der Waals surface area contributed by atoms with Crippen molar-refractivity contribution in [3.05, 3.63) is 77.1 Å². The van der Waals surface area contributed by atoms with Crippen LogP contribution in [0.15, 0.2) is 54.7 Å². The van der Waals surface area contributed by atoms with Gasteiger partial charge in [0.15, 0.2) is 0 Å². The number of nitrogens with zero attached hydrogens (tertiary/aromatic N) is 1. The predicted octanol–water partition coefficient (Wildman–Crippen LogP) is 5.72. The summed E-state index contributed by atoms with van der Waals surface area (Å²) in [6.45, 7) is 9.06. The molecule has 0 unspecified atom stereocenters. The van der Waals surface area contributed by atoms with Crippen LogP contribution in [0.1, 0.15) is 54.4 Å². The summed E-state index contributed by atoms with van der Waals surface area (Å²) in [5.74, 6) is 0.297. The lowest BCUT2D eigenvalue weighted by Gasteiger charge is -2.18. The van der Waals surface area contributed by atoms with Gasteiger partial charge in [-0.15, -0.1) is 0 Å². The minimum Gasteiger partial charge on any atom is -0.456 e. The molecule has 1 heterocycles. The highest BCUT2D eigenvalue weighted by molar-refractivity contribution is 5.87. The van der Waals surface area contributed by atoms with E-state index in [1.165, 1.54) is 5.56 Å². The van der Waals surface area contributed by atoms with Gasteiger partial charge >= 0.3 is 5.97 Å². The summed E-state index contributed by atoms with van der Waals surface area (Å²) >= 11 is 0. The van der Waals surface area contributed by atoms with Crippen molar-refractivity contribution in [3.8, 4) is 11.4 Å². The van der Waals surface area contributed by atoms with Gasteiger partial charge in [0.2, 0.25) is 0 Å². The number of nitrogens with one attached hydrogen (secondary N) is 1. The summed E-state index contributed by atoms with van der Waals surface area (Å²) in [5, 5.41) is 0. The topological polar surface area (TPSA) is 55.0 Å². The van der Waals surface area contributed by atoms with Crippen molar-refractivity contribution in [2.45, 2.75) is 47.1 Å². The van der Waals surface area contributed by atoms with E-state index in [-0.39, 0.29) is 6.61 Å². The van der Waals surface area contributed by atoms with Gasteiger partial charge in [0.05, 0.1) is 6.20 Å². The van der Waals surface area contributed by atoms with Crippen LogP contribution in [0.4, 0.5) is 0 Å². The summed E-state index contributed by atoms with van der Waals surface area (Å²) in [5.41, 5.74) is 5.04. The van der Waals surface area contributed by atoms with E-state index in [2.05, 4.69) is 55.9 Å². The molecule has 0 atom stereocenters. The Labute approximate surface area is 167 Å².